The lowest BCUT2D eigenvalue weighted by molar-refractivity contribution is 0.0714. The molecule has 0 fully saturated rings. The minimum atomic E-state index is 0.0227. The Labute approximate surface area is 143 Å². The monoisotopic (exact) mass is 336 g/mol. The van der Waals surface area contributed by atoms with Crippen molar-refractivity contribution >= 4 is 28.6 Å². The number of rotatable bonds is 1. The summed E-state index contributed by atoms with van der Waals surface area (Å²) < 4.78 is 5.37. The van der Waals surface area contributed by atoms with Crippen LogP contribution in [0.25, 0.3) is 10.9 Å². The van der Waals surface area contributed by atoms with E-state index >= 15 is 0 Å². The SMILES string of the molecule is COc1ccc2[nH]c3c(c2c1)CCN1C(=O)c2ccccc2SC31. The number of amides is 1. The summed E-state index contributed by atoms with van der Waals surface area (Å²) in [6.45, 7) is 0.752. The van der Waals surface area contributed by atoms with Crippen molar-refractivity contribution in [1.82, 2.24) is 9.88 Å². The number of ether oxygens (including phenoxy) is 1. The van der Waals surface area contributed by atoms with Crippen molar-refractivity contribution in [1.29, 1.82) is 0 Å². The van der Waals surface area contributed by atoms with Gasteiger partial charge in [-0.05, 0) is 42.3 Å². The average molecular weight is 336 g/mol. The van der Waals surface area contributed by atoms with Crippen molar-refractivity contribution in [3.8, 4) is 5.75 Å². The summed E-state index contributed by atoms with van der Waals surface area (Å²) in [4.78, 5) is 19.5. The van der Waals surface area contributed by atoms with Crippen molar-refractivity contribution in [2.24, 2.45) is 0 Å². The third-order valence-electron chi connectivity index (χ3n) is 4.90. The number of thioether (sulfide) groups is 1. The second kappa shape index (κ2) is 5.05. The summed E-state index contributed by atoms with van der Waals surface area (Å²) in [5, 5.41) is 1.23. The number of carbonyl (C=O) groups is 1. The second-order valence-electron chi connectivity index (χ2n) is 6.14. The van der Waals surface area contributed by atoms with Crippen molar-refractivity contribution in [2.75, 3.05) is 13.7 Å². The highest BCUT2D eigenvalue weighted by Crippen LogP contribution is 2.48. The number of methoxy groups -OCH3 is 1. The van der Waals surface area contributed by atoms with Crippen LogP contribution in [0.4, 0.5) is 0 Å². The molecule has 3 aromatic rings. The third kappa shape index (κ3) is 1.85. The first-order valence-electron chi connectivity index (χ1n) is 8.01. The Morgan fingerprint density at radius 1 is 1.25 bits per heavy atom. The lowest BCUT2D eigenvalue weighted by atomic mass is 10.0. The topological polar surface area (TPSA) is 45.3 Å². The molecule has 0 aliphatic carbocycles. The van der Waals surface area contributed by atoms with E-state index in [0.29, 0.717) is 0 Å². The van der Waals surface area contributed by atoms with Gasteiger partial charge in [0, 0.05) is 22.3 Å². The van der Waals surface area contributed by atoms with Gasteiger partial charge in [0.15, 0.2) is 0 Å². The Bertz CT molecular complexity index is 979. The number of hydrogen-bond donors (Lipinski definition) is 1. The summed E-state index contributed by atoms with van der Waals surface area (Å²) in [7, 11) is 1.69. The van der Waals surface area contributed by atoms with Crippen molar-refractivity contribution in [3.05, 3.63) is 59.3 Å². The number of aromatic nitrogens is 1. The van der Waals surface area contributed by atoms with Crippen LogP contribution in [0.5, 0.6) is 5.75 Å². The van der Waals surface area contributed by atoms with Crippen LogP contribution in [0, 0.1) is 0 Å². The van der Waals surface area contributed by atoms with Gasteiger partial charge in [-0.15, -0.1) is 0 Å². The van der Waals surface area contributed by atoms with Gasteiger partial charge in [-0.1, -0.05) is 23.9 Å². The first kappa shape index (κ1) is 14.0. The van der Waals surface area contributed by atoms with Crippen LogP contribution < -0.4 is 4.74 Å². The average Bonchev–Trinajstić information content (AvgIpc) is 3.00. The number of aromatic amines is 1. The maximum Gasteiger partial charge on any atom is 0.256 e. The molecule has 1 atom stereocenters. The fraction of sp³-hybridized carbons (Fsp3) is 0.211. The zero-order chi connectivity index (χ0) is 16.3. The van der Waals surface area contributed by atoms with Crippen LogP contribution in [0.3, 0.4) is 0 Å². The summed E-state index contributed by atoms with van der Waals surface area (Å²) in [6.07, 6.45) is 0.869. The molecule has 0 radical (unpaired) electrons. The summed E-state index contributed by atoms with van der Waals surface area (Å²) in [5.41, 5.74) is 4.39. The number of hydrogen-bond acceptors (Lipinski definition) is 3. The van der Waals surface area contributed by atoms with Crippen LogP contribution >= 0.6 is 11.8 Å². The largest absolute Gasteiger partial charge is 0.497 e. The smallest absolute Gasteiger partial charge is 0.256 e. The van der Waals surface area contributed by atoms with E-state index in [9.17, 15) is 4.79 Å². The quantitative estimate of drug-likeness (QED) is 0.731. The summed E-state index contributed by atoms with van der Waals surface area (Å²) >= 11 is 1.76. The minimum absolute atomic E-state index is 0.0227. The molecule has 1 aromatic heterocycles. The minimum Gasteiger partial charge on any atom is -0.497 e. The fourth-order valence-corrected chi connectivity index (χ4v) is 5.04. The second-order valence-corrected chi connectivity index (χ2v) is 7.27. The van der Waals surface area contributed by atoms with E-state index in [2.05, 4.69) is 17.1 Å². The molecule has 0 spiro atoms. The predicted octanol–water partition coefficient (Wildman–Crippen LogP) is 3.98. The molecule has 120 valence electrons. The van der Waals surface area contributed by atoms with Gasteiger partial charge in [0.1, 0.15) is 11.1 Å². The highest BCUT2D eigenvalue weighted by Gasteiger charge is 2.38. The molecule has 1 amide bonds. The molecular formula is C19H16N2O2S. The number of nitrogens with one attached hydrogen (secondary N) is 1. The third-order valence-corrected chi connectivity index (χ3v) is 6.22. The van der Waals surface area contributed by atoms with Crippen molar-refractivity contribution < 1.29 is 9.53 Å². The van der Waals surface area contributed by atoms with E-state index in [1.807, 2.05) is 35.2 Å². The first-order chi connectivity index (χ1) is 11.8. The van der Waals surface area contributed by atoms with Crippen LogP contribution in [-0.2, 0) is 6.42 Å². The zero-order valence-corrected chi connectivity index (χ0v) is 14.0. The van der Waals surface area contributed by atoms with E-state index in [-0.39, 0.29) is 11.3 Å². The molecule has 24 heavy (non-hydrogen) atoms. The van der Waals surface area contributed by atoms with Crippen molar-refractivity contribution in [3.63, 3.8) is 0 Å². The van der Waals surface area contributed by atoms with E-state index in [4.69, 9.17) is 4.74 Å². The van der Waals surface area contributed by atoms with Crippen LogP contribution in [0.15, 0.2) is 47.4 Å². The normalized spacial score (nSPS) is 19.0. The highest BCUT2D eigenvalue weighted by molar-refractivity contribution is 7.99. The van der Waals surface area contributed by atoms with Gasteiger partial charge in [-0.3, -0.25) is 4.79 Å². The maximum absolute atomic E-state index is 12.9. The summed E-state index contributed by atoms with van der Waals surface area (Å²) in [5.74, 6) is 1.00. The lowest BCUT2D eigenvalue weighted by Crippen LogP contribution is -2.41. The zero-order valence-electron chi connectivity index (χ0n) is 13.2. The Morgan fingerprint density at radius 3 is 3.00 bits per heavy atom. The standard InChI is InChI=1S/C19H16N2O2S/c1-23-11-6-7-15-14(10-11)12-8-9-21-18(22)13-4-2-3-5-16(13)24-19(21)17(12)20-15/h2-7,10,19-20H,8-9H2,1H3. The molecule has 4 nitrogen and oxygen atoms in total. The van der Waals surface area contributed by atoms with Gasteiger partial charge in [-0.25, -0.2) is 0 Å². The molecule has 5 rings (SSSR count). The molecule has 0 saturated heterocycles. The Balaban J connectivity index is 1.67. The number of benzene rings is 2. The van der Waals surface area contributed by atoms with Gasteiger partial charge < -0.3 is 14.6 Å². The van der Waals surface area contributed by atoms with Gasteiger partial charge in [0.2, 0.25) is 0 Å². The molecule has 0 saturated carbocycles. The van der Waals surface area contributed by atoms with E-state index in [0.717, 1.165) is 40.4 Å². The lowest BCUT2D eigenvalue weighted by Gasteiger charge is -2.39. The molecule has 2 aliphatic heterocycles. The van der Waals surface area contributed by atoms with Gasteiger partial charge in [-0.2, -0.15) is 0 Å². The van der Waals surface area contributed by atoms with Crippen LogP contribution in [0.2, 0.25) is 0 Å². The molecule has 1 N–H and O–H groups in total. The van der Waals surface area contributed by atoms with E-state index in [1.165, 1.54) is 10.9 Å². The highest BCUT2D eigenvalue weighted by atomic mass is 32.2. The molecule has 3 heterocycles. The summed E-state index contributed by atoms with van der Waals surface area (Å²) in [6, 6.07) is 14.0. The Morgan fingerprint density at radius 2 is 2.12 bits per heavy atom. The first-order valence-corrected chi connectivity index (χ1v) is 8.89. The van der Waals surface area contributed by atoms with E-state index in [1.54, 1.807) is 18.9 Å². The Kier molecular flexibility index (Phi) is 2.94. The molecule has 1 unspecified atom stereocenters. The molecular weight excluding hydrogens is 320 g/mol. The van der Waals surface area contributed by atoms with E-state index < -0.39 is 0 Å². The van der Waals surface area contributed by atoms with Crippen molar-refractivity contribution in [2.45, 2.75) is 16.7 Å². The van der Waals surface area contributed by atoms with Crippen LogP contribution in [0.1, 0.15) is 27.0 Å². The Hall–Kier alpha value is -2.40. The number of H-pyrrole nitrogens is 1. The molecule has 2 aliphatic rings. The molecule has 0 bridgehead atoms. The predicted molar refractivity (Wildman–Crippen MR) is 94.6 cm³/mol. The van der Waals surface area contributed by atoms with Gasteiger partial charge >= 0.3 is 0 Å². The fourth-order valence-electron chi connectivity index (χ4n) is 3.71. The number of carbonyl (C=O) groups excluding carboxylic acids is 1. The maximum atomic E-state index is 12.9. The van der Waals surface area contributed by atoms with Gasteiger partial charge in [0.05, 0.1) is 18.4 Å². The molecule has 5 heteroatoms. The molecule has 2 aromatic carbocycles. The number of nitrogens with zero attached hydrogens (tertiary/aromatic N) is 1. The number of fused-ring (bicyclic) bond motifs is 6. The van der Waals surface area contributed by atoms with Crippen LogP contribution in [-0.4, -0.2) is 29.4 Å². The van der Waals surface area contributed by atoms with Gasteiger partial charge in [0.25, 0.3) is 5.91 Å².